The smallest absolute Gasteiger partial charge is 0.195 e. The van der Waals surface area contributed by atoms with Crippen LogP contribution in [0.25, 0.3) is 0 Å². The lowest BCUT2D eigenvalue weighted by atomic mass is 10.1. The van der Waals surface area contributed by atoms with E-state index in [0.29, 0.717) is 16.5 Å². The second kappa shape index (κ2) is 4.82. The van der Waals surface area contributed by atoms with Crippen molar-refractivity contribution in [2.75, 3.05) is 7.11 Å². The minimum atomic E-state index is -1.04. The van der Waals surface area contributed by atoms with Gasteiger partial charge in [0.2, 0.25) is 0 Å². The Hall–Kier alpha value is -0.280. The van der Waals surface area contributed by atoms with E-state index < -0.39 is 6.29 Å². The highest BCUT2D eigenvalue weighted by Crippen LogP contribution is 2.23. The normalized spacial score (nSPS) is 12.9. The van der Waals surface area contributed by atoms with Gasteiger partial charge in [-0.25, -0.2) is 5.11 Å². The molecule has 0 saturated carbocycles. The SMILES string of the molecule is COC([O])Cc1ccc(Cl)c(Cl)c1. The minimum absolute atomic E-state index is 0.299. The van der Waals surface area contributed by atoms with Gasteiger partial charge in [0.25, 0.3) is 0 Å². The fraction of sp³-hybridized carbons (Fsp3) is 0.333. The van der Waals surface area contributed by atoms with Gasteiger partial charge in [0.1, 0.15) is 0 Å². The van der Waals surface area contributed by atoms with E-state index in [0.717, 1.165) is 5.56 Å². The minimum Gasteiger partial charge on any atom is -0.353 e. The van der Waals surface area contributed by atoms with E-state index in [4.69, 9.17) is 23.2 Å². The zero-order valence-corrected chi connectivity index (χ0v) is 8.60. The Bertz CT molecular complexity index is 289. The molecule has 1 aromatic rings. The molecule has 0 bridgehead atoms. The Morgan fingerprint density at radius 1 is 1.38 bits per heavy atom. The van der Waals surface area contributed by atoms with Crippen LogP contribution in [-0.2, 0) is 16.3 Å². The Morgan fingerprint density at radius 2 is 2.08 bits per heavy atom. The molecule has 0 aromatic heterocycles. The van der Waals surface area contributed by atoms with Crippen molar-refractivity contribution in [2.24, 2.45) is 0 Å². The highest BCUT2D eigenvalue weighted by molar-refractivity contribution is 6.42. The average molecular weight is 220 g/mol. The van der Waals surface area contributed by atoms with Crippen molar-refractivity contribution < 1.29 is 9.84 Å². The first-order valence-electron chi connectivity index (χ1n) is 3.76. The van der Waals surface area contributed by atoms with Crippen molar-refractivity contribution in [3.05, 3.63) is 33.8 Å². The quantitative estimate of drug-likeness (QED) is 0.720. The standard InChI is InChI=1S/C9H9Cl2O2/c1-13-9(12)5-6-2-3-7(10)8(11)4-6/h2-4,9H,5H2,1H3. The number of halogens is 2. The summed E-state index contributed by atoms with van der Waals surface area (Å²) in [4.78, 5) is 0. The van der Waals surface area contributed by atoms with Gasteiger partial charge >= 0.3 is 0 Å². The zero-order valence-electron chi connectivity index (χ0n) is 7.09. The van der Waals surface area contributed by atoms with Gasteiger partial charge in [-0.15, -0.1) is 0 Å². The van der Waals surface area contributed by atoms with Crippen LogP contribution in [0.5, 0.6) is 0 Å². The summed E-state index contributed by atoms with van der Waals surface area (Å²) >= 11 is 11.5. The van der Waals surface area contributed by atoms with Crippen LogP contribution >= 0.6 is 23.2 Å². The Morgan fingerprint density at radius 3 is 2.62 bits per heavy atom. The second-order valence-corrected chi connectivity index (χ2v) is 3.43. The van der Waals surface area contributed by atoms with Gasteiger partial charge in [-0.05, 0) is 17.7 Å². The van der Waals surface area contributed by atoms with Crippen LogP contribution in [0.4, 0.5) is 0 Å². The predicted octanol–water partition coefficient (Wildman–Crippen LogP) is 2.94. The summed E-state index contributed by atoms with van der Waals surface area (Å²) in [6, 6.07) is 5.10. The monoisotopic (exact) mass is 219 g/mol. The lowest BCUT2D eigenvalue weighted by molar-refractivity contribution is -0.117. The van der Waals surface area contributed by atoms with Crippen LogP contribution in [0.15, 0.2) is 18.2 Å². The molecule has 4 heteroatoms. The maximum atomic E-state index is 11.0. The Labute approximate surface area is 87.0 Å². The van der Waals surface area contributed by atoms with E-state index in [2.05, 4.69) is 4.74 Å². The molecule has 13 heavy (non-hydrogen) atoms. The summed E-state index contributed by atoms with van der Waals surface area (Å²) in [5.74, 6) is 0. The van der Waals surface area contributed by atoms with Gasteiger partial charge in [-0.3, -0.25) is 0 Å². The molecule has 1 unspecified atom stereocenters. The highest BCUT2D eigenvalue weighted by Gasteiger charge is 2.06. The molecule has 1 rings (SSSR count). The summed E-state index contributed by atoms with van der Waals surface area (Å²) in [6.45, 7) is 0. The molecule has 0 amide bonds. The number of hydrogen-bond donors (Lipinski definition) is 0. The Kier molecular flexibility index (Phi) is 4.00. The van der Waals surface area contributed by atoms with Crippen LogP contribution in [0.2, 0.25) is 10.0 Å². The summed E-state index contributed by atoms with van der Waals surface area (Å²) in [7, 11) is 1.38. The summed E-state index contributed by atoms with van der Waals surface area (Å²) in [5.41, 5.74) is 0.830. The molecule has 0 aliphatic carbocycles. The number of hydrogen-bond acceptors (Lipinski definition) is 1. The van der Waals surface area contributed by atoms with Crippen molar-refractivity contribution in [1.29, 1.82) is 0 Å². The van der Waals surface area contributed by atoms with Crippen LogP contribution in [0, 0.1) is 0 Å². The van der Waals surface area contributed by atoms with Gasteiger partial charge < -0.3 is 4.74 Å². The van der Waals surface area contributed by atoms with Crippen LogP contribution in [0.3, 0.4) is 0 Å². The van der Waals surface area contributed by atoms with Crippen molar-refractivity contribution in [3.63, 3.8) is 0 Å². The number of rotatable bonds is 3. The van der Waals surface area contributed by atoms with E-state index in [-0.39, 0.29) is 0 Å². The van der Waals surface area contributed by atoms with Gasteiger partial charge in [0.15, 0.2) is 6.29 Å². The molecule has 2 nitrogen and oxygen atoms in total. The van der Waals surface area contributed by atoms with Gasteiger partial charge in [0.05, 0.1) is 10.0 Å². The Balaban J connectivity index is 2.73. The third kappa shape index (κ3) is 3.16. The maximum absolute atomic E-state index is 11.0. The fourth-order valence-corrected chi connectivity index (χ4v) is 1.26. The van der Waals surface area contributed by atoms with Gasteiger partial charge in [0, 0.05) is 13.5 Å². The molecule has 1 atom stereocenters. The molecule has 0 saturated heterocycles. The van der Waals surface area contributed by atoms with Crippen molar-refractivity contribution in [3.8, 4) is 0 Å². The third-order valence-corrected chi connectivity index (χ3v) is 2.39. The predicted molar refractivity (Wildman–Crippen MR) is 51.6 cm³/mol. The molecule has 0 aliphatic heterocycles. The molecule has 0 heterocycles. The maximum Gasteiger partial charge on any atom is 0.195 e. The van der Waals surface area contributed by atoms with E-state index in [9.17, 15) is 5.11 Å². The lowest BCUT2D eigenvalue weighted by Crippen LogP contribution is -2.10. The van der Waals surface area contributed by atoms with Gasteiger partial charge in [-0.1, -0.05) is 29.3 Å². The molecule has 1 aromatic carbocycles. The first-order valence-corrected chi connectivity index (χ1v) is 4.51. The molecular weight excluding hydrogens is 211 g/mol. The van der Waals surface area contributed by atoms with Crippen molar-refractivity contribution >= 4 is 23.2 Å². The zero-order chi connectivity index (χ0) is 9.84. The first kappa shape index (κ1) is 10.8. The largest absolute Gasteiger partial charge is 0.353 e. The third-order valence-electron chi connectivity index (χ3n) is 1.65. The van der Waals surface area contributed by atoms with Crippen molar-refractivity contribution in [2.45, 2.75) is 12.7 Å². The lowest BCUT2D eigenvalue weighted by Gasteiger charge is -2.06. The molecule has 1 radical (unpaired) electrons. The van der Waals surface area contributed by atoms with E-state index >= 15 is 0 Å². The van der Waals surface area contributed by atoms with E-state index in [1.165, 1.54) is 7.11 Å². The van der Waals surface area contributed by atoms with Crippen LogP contribution in [0.1, 0.15) is 5.56 Å². The molecule has 0 fully saturated rings. The molecule has 0 aliphatic rings. The highest BCUT2D eigenvalue weighted by atomic mass is 35.5. The topological polar surface area (TPSA) is 29.1 Å². The number of methoxy groups -OCH3 is 1. The summed E-state index contributed by atoms with van der Waals surface area (Å²) < 4.78 is 4.59. The molecule has 71 valence electrons. The van der Waals surface area contributed by atoms with E-state index in [1.807, 2.05) is 0 Å². The fourth-order valence-electron chi connectivity index (χ4n) is 0.942. The van der Waals surface area contributed by atoms with Crippen LogP contribution in [-0.4, -0.2) is 13.4 Å². The number of benzene rings is 1. The molecule has 0 N–H and O–H groups in total. The summed E-state index contributed by atoms with van der Waals surface area (Å²) in [6.07, 6.45) is -0.745. The van der Waals surface area contributed by atoms with E-state index in [1.54, 1.807) is 18.2 Å². The second-order valence-electron chi connectivity index (χ2n) is 2.62. The number of ether oxygens (including phenoxy) is 1. The molecular formula is C9H9Cl2O2. The van der Waals surface area contributed by atoms with Crippen LogP contribution < -0.4 is 0 Å². The first-order chi connectivity index (χ1) is 6.13. The molecule has 0 spiro atoms. The average Bonchev–Trinajstić information content (AvgIpc) is 2.11. The van der Waals surface area contributed by atoms with Gasteiger partial charge in [-0.2, -0.15) is 0 Å². The summed E-state index contributed by atoms with van der Waals surface area (Å²) in [5, 5.41) is 11.9. The van der Waals surface area contributed by atoms with Crippen molar-refractivity contribution in [1.82, 2.24) is 0 Å².